The van der Waals surface area contributed by atoms with E-state index in [-0.39, 0.29) is 41.4 Å². The number of rotatable bonds is 9. The molecular formula is C24H26F2N4O5S. The molecule has 0 saturated heterocycles. The van der Waals surface area contributed by atoms with Gasteiger partial charge >= 0.3 is 0 Å². The Morgan fingerprint density at radius 2 is 1.97 bits per heavy atom. The minimum Gasteiger partial charge on any atom is -0.503 e. The largest absolute Gasteiger partial charge is 0.503 e. The summed E-state index contributed by atoms with van der Waals surface area (Å²) in [4.78, 5) is 27.8. The van der Waals surface area contributed by atoms with E-state index in [1.807, 2.05) is 13.8 Å². The fourth-order valence-corrected chi connectivity index (χ4v) is 4.88. The third kappa shape index (κ3) is 5.15. The molecule has 0 bridgehead atoms. The van der Waals surface area contributed by atoms with Gasteiger partial charge in [0.05, 0.1) is 31.4 Å². The van der Waals surface area contributed by atoms with Crippen LogP contribution >= 0.6 is 11.3 Å². The summed E-state index contributed by atoms with van der Waals surface area (Å²) in [6.07, 6.45) is 1.68. The maximum absolute atomic E-state index is 13.6. The molecule has 2 aromatic heterocycles. The van der Waals surface area contributed by atoms with E-state index >= 15 is 0 Å². The standard InChI is InChI=1S/C24H26F2N4O5S/c1-13(2)29-10-15(12-35-7-6-34-3)30-11-16(21(31)22(32)20(30)24(29)33)23-28-27-19(36-23)9-14-4-5-17(25)18(26)8-14/h4-5,8,11,13,15,32H,6-7,9-10,12H2,1-3H3/t15-/m1/s1. The minimum atomic E-state index is -0.964. The van der Waals surface area contributed by atoms with Crippen molar-refractivity contribution in [2.45, 2.75) is 32.4 Å². The molecule has 1 aliphatic heterocycles. The number of benzene rings is 1. The van der Waals surface area contributed by atoms with Crippen molar-refractivity contribution in [2.24, 2.45) is 0 Å². The Bertz CT molecular complexity index is 1330. The summed E-state index contributed by atoms with van der Waals surface area (Å²) >= 11 is 1.09. The Hall–Kier alpha value is -3.22. The highest BCUT2D eigenvalue weighted by molar-refractivity contribution is 7.14. The topological polar surface area (TPSA) is 107 Å². The summed E-state index contributed by atoms with van der Waals surface area (Å²) in [5, 5.41) is 19.7. The Labute approximate surface area is 209 Å². The first-order valence-electron chi connectivity index (χ1n) is 11.3. The molecule has 1 atom stereocenters. The van der Waals surface area contributed by atoms with Crippen LogP contribution < -0.4 is 5.43 Å². The lowest BCUT2D eigenvalue weighted by Crippen LogP contribution is -2.48. The zero-order valence-electron chi connectivity index (χ0n) is 20.0. The Kier molecular flexibility index (Phi) is 7.76. The van der Waals surface area contributed by atoms with E-state index in [0.717, 1.165) is 23.5 Å². The third-order valence-electron chi connectivity index (χ3n) is 5.88. The number of hydrogen-bond acceptors (Lipinski definition) is 8. The molecule has 0 spiro atoms. The van der Waals surface area contributed by atoms with Crippen molar-refractivity contribution >= 4 is 17.2 Å². The third-order valence-corrected chi connectivity index (χ3v) is 6.83. The summed E-state index contributed by atoms with van der Waals surface area (Å²) < 4.78 is 39.1. The average Bonchev–Trinajstić information content (AvgIpc) is 3.30. The number of fused-ring (bicyclic) bond motifs is 1. The van der Waals surface area contributed by atoms with Gasteiger partial charge in [0.25, 0.3) is 5.91 Å². The molecule has 9 nitrogen and oxygen atoms in total. The van der Waals surface area contributed by atoms with Gasteiger partial charge in [0.15, 0.2) is 28.1 Å². The molecule has 3 heterocycles. The minimum absolute atomic E-state index is 0.0815. The van der Waals surface area contributed by atoms with Crippen LogP contribution in [0, 0.1) is 11.6 Å². The van der Waals surface area contributed by atoms with Crippen molar-refractivity contribution in [3.63, 3.8) is 0 Å². The van der Waals surface area contributed by atoms with E-state index in [9.17, 15) is 23.5 Å². The second kappa shape index (κ2) is 10.8. The molecular weight excluding hydrogens is 494 g/mol. The first-order chi connectivity index (χ1) is 17.2. The van der Waals surface area contributed by atoms with Crippen molar-refractivity contribution in [1.29, 1.82) is 0 Å². The fraction of sp³-hybridized carbons (Fsp3) is 0.417. The number of aromatic nitrogens is 3. The van der Waals surface area contributed by atoms with Crippen LogP contribution in [0.15, 0.2) is 29.2 Å². The van der Waals surface area contributed by atoms with Crippen LogP contribution in [0.3, 0.4) is 0 Å². The molecule has 0 radical (unpaired) electrons. The summed E-state index contributed by atoms with van der Waals surface area (Å²) in [6, 6.07) is 3.04. The molecule has 1 aromatic carbocycles. The summed E-state index contributed by atoms with van der Waals surface area (Å²) in [6.45, 7) is 5.02. The van der Waals surface area contributed by atoms with Crippen molar-refractivity contribution in [3.8, 4) is 16.3 Å². The predicted octanol–water partition coefficient (Wildman–Crippen LogP) is 3.01. The highest BCUT2D eigenvalue weighted by Gasteiger charge is 2.36. The number of hydrogen-bond donors (Lipinski definition) is 1. The van der Waals surface area contributed by atoms with E-state index in [2.05, 4.69) is 10.2 Å². The number of pyridine rings is 1. The van der Waals surface area contributed by atoms with Gasteiger partial charge in [0.2, 0.25) is 5.43 Å². The molecule has 1 amide bonds. The zero-order valence-corrected chi connectivity index (χ0v) is 20.8. The van der Waals surface area contributed by atoms with Crippen LogP contribution in [0.1, 0.15) is 40.9 Å². The maximum atomic E-state index is 13.6. The van der Waals surface area contributed by atoms with Crippen LogP contribution in [0.5, 0.6) is 5.75 Å². The highest BCUT2D eigenvalue weighted by atomic mass is 32.1. The molecule has 36 heavy (non-hydrogen) atoms. The lowest BCUT2D eigenvalue weighted by molar-refractivity contribution is 0.0298. The Balaban J connectivity index is 1.69. The van der Waals surface area contributed by atoms with Crippen LogP contribution in [-0.4, -0.2) is 70.2 Å². The molecule has 0 unspecified atom stereocenters. The highest BCUT2D eigenvalue weighted by Crippen LogP contribution is 2.31. The van der Waals surface area contributed by atoms with Crippen molar-refractivity contribution in [2.75, 3.05) is 33.5 Å². The predicted molar refractivity (Wildman–Crippen MR) is 128 cm³/mol. The number of carbonyl (C=O) groups is 1. The fourth-order valence-electron chi connectivity index (χ4n) is 4.00. The van der Waals surface area contributed by atoms with E-state index in [1.165, 1.54) is 12.3 Å². The number of ether oxygens (including phenoxy) is 2. The van der Waals surface area contributed by atoms with Crippen molar-refractivity contribution in [3.05, 3.63) is 62.5 Å². The van der Waals surface area contributed by atoms with E-state index in [4.69, 9.17) is 9.47 Å². The molecule has 1 aliphatic rings. The van der Waals surface area contributed by atoms with Gasteiger partial charge in [-0.2, -0.15) is 0 Å². The Morgan fingerprint density at radius 1 is 1.19 bits per heavy atom. The zero-order chi connectivity index (χ0) is 26.0. The van der Waals surface area contributed by atoms with E-state index in [0.29, 0.717) is 30.3 Å². The molecule has 0 fully saturated rings. The quantitative estimate of drug-likeness (QED) is 0.432. The number of aromatic hydroxyl groups is 1. The van der Waals surface area contributed by atoms with E-state index < -0.39 is 28.7 Å². The molecule has 0 saturated carbocycles. The molecule has 3 aromatic rings. The first kappa shape index (κ1) is 25.9. The van der Waals surface area contributed by atoms with Gasteiger partial charge in [-0.25, -0.2) is 8.78 Å². The number of amides is 1. The van der Waals surface area contributed by atoms with Crippen LogP contribution in [0.4, 0.5) is 8.78 Å². The van der Waals surface area contributed by atoms with Gasteiger partial charge in [0.1, 0.15) is 5.01 Å². The molecule has 192 valence electrons. The van der Waals surface area contributed by atoms with Crippen molar-refractivity contribution < 1.29 is 28.2 Å². The molecule has 1 N–H and O–H groups in total. The van der Waals surface area contributed by atoms with Gasteiger partial charge in [0, 0.05) is 32.3 Å². The lowest BCUT2D eigenvalue weighted by Gasteiger charge is -2.38. The summed E-state index contributed by atoms with van der Waals surface area (Å²) in [7, 11) is 1.57. The van der Waals surface area contributed by atoms with Crippen molar-refractivity contribution in [1.82, 2.24) is 19.7 Å². The molecule has 0 aliphatic carbocycles. The number of nitrogens with zero attached hydrogens (tertiary/aromatic N) is 4. The van der Waals surface area contributed by atoms with Gasteiger partial charge in [-0.3, -0.25) is 9.59 Å². The first-order valence-corrected chi connectivity index (χ1v) is 12.1. The molecule has 4 rings (SSSR count). The SMILES string of the molecule is COCCOC[C@H]1CN(C(C)C)C(=O)c2c(O)c(=O)c(-c3nnc(Cc4ccc(F)c(F)c4)s3)cn21. The molecule has 12 heteroatoms. The van der Waals surface area contributed by atoms with Gasteiger partial charge in [-0.1, -0.05) is 17.4 Å². The van der Waals surface area contributed by atoms with Crippen LogP contribution in [-0.2, 0) is 15.9 Å². The average molecular weight is 521 g/mol. The smallest absolute Gasteiger partial charge is 0.274 e. The Morgan fingerprint density at radius 3 is 2.67 bits per heavy atom. The second-order valence-electron chi connectivity index (χ2n) is 8.68. The number of carbonyl (C=O) groups excluding carboxylic acids is 1. The number of halogens is 2. The second-order valence-corrected chi connectivity index (χ2v) is 9.74. The summed E-state index contributed by atoms with van der Waals surface area (Å²) in [5.41, 5.74) is -0.266. The number of methoxy groups -OCH3 is 1. The normalized spacial score (nSPS) is 15.6. The van der Waals surface area contributed by atoms with Gasteiger partial charge < -0.3 is 24.0 Å². The monoisotopic (exact) mass is 520 g/mol. The van der Waals surface area contributed by atoms with E-state index in [1.54, 1.807) is 16.6 Å². The van der Waals surface area contributed by atoms with Crippen LogP contribution in [0.2, 0.25) is 0 Å². The van der Waals surface area contributed by atoms with Crippen LogP contribution in [0.25, 0.3) is 10.6 Å². The maximum Gasteiger partial charge on any atom is 0.274 e. The van der Waals surface area contributed by atoms with Gasteiger partial charge in [-0.05, 0) is 31.5 Å². The lowest BCUT2D eigenvalue weighted by atomic mass is 10.1. The van der Waals surface area contributed by atoms with Gasteiger partial charge in [-0.15, -0.1) is 10.2 Å². The summed E-state index contributed by atoms with van der Waals surface area (Å²) in [5.74, 6) is -3.02.